The van der Waals surface area contributed by atoms with Crippen LogP contribution in [0.3, 0.4) is 0 Å². The smallest absolute Gasteiger partial charge is 0.399 e. The van der Waals surface area contributed by atoms with Gasteiger partial charge in [-0.25, -0.2) is 0 Å². The van der Waals surface area contributed by atoms with Gasteiger partial charge in [0.05, 0.1) is 11.2 Å². The van der Waals surface area contributed by atoms with E-state index in [-0.39, 0.29) is 18.3 Å². The van der Waals surface area contributed by atoms with E-state index in [1.54, 1.807) is 0 Å². The van der Waals surface area contributed by atoms with Crippen molar-refractivity contribution in [1.29, 1.82) is 0 Å². The van der Waals surface area contributed by atoms with Crippen molar-refractivity contribution in [3.05, 3.63) is 23.5 Å². The predicted octanol–water partition coefficient (Wildman–Crippen LogP) is 3.23. The van der Waals surface area contributed by atoms with Gasteiger partial charge in [-0.15, -0.1) is 0 Å². The normalized spacial score (nSPS) is 23.6. The zero-order valence-electron chi connectivity index (χ0n) is 15.7. The number of rotatable bonds is 4. The predicted molar refractivity (Wildman–Crippen MR) is 96.7 cm³/mol. The summed E-state index contributed by atoms with van der Waals surface area (Å²) < 4.78 is 18.0. The summed E-state index contributed by atoms with van der Waals surface area (Å²) in [5, 5.41) is 0. The van der Waals surface area contributed by atoms with Gasteiger partial charge >= 0.3 is 7.12 Å². The number of pyridine rings is 1. The molecule has 5 heteroatoms. The lowest BCUT2D eigenvalue weighted by molar-refractivity contribution is 0.00578. The monoisotopic (exact) mass is 331 g/mol. The summed E-state index contributed by atoms with van der Waals surface area (Å²) in [5.74, 6) is 0.483. The highest BCUT2D eigenvalue weighted by Crippen LogP contribution is 2.36. The minimum atomic E-state index is -0.315. The van der Waals surface area contributed by atoms with Crippen LogP contribution in [0.5, 0.6) is 0 Å². The average Bonchev–Trinajstić information content (AvgIpc) is 2.76. The van der Waals surface area contributed by atoms with Crippen LogP contribution in [0.4, 0.5) is 0 Å². The van der Waals surface area contributed by atoms with Gasteiger partial charge in [-0.2, -0.15) is 0 Å². The second-order valence-corrected chi connectivity index (χ2v) is 8.04. The molecule has 0 amide bonds. The molecule has 0 aromatic carbocycles. The maximum atomic E-state index is 6.25. The van der Waals surface area contributed by atoms with Crippen molar-refractivity contribution in [2.24, 2.45) is 0 Å². The fourth-order valence-corrected chi connectivity index (χ4v) is 3.34. The van der Waals surface area contributed by atoms with Gasteiger partial charge in [0.2, 0.25) is 0 Å². The summed E-state index contributed by atoms with van der Waals surface area (Å²) in [6.45, 7) is 12.2. The van der Waals surface area contributed by atoms with Gasteiger partial charge < -0.3 is 14.0 Å². The van der Waals surface area contributed by atoms with Crippen LogP contribution < -0.4 is 5.46 Å². The van der Waals surface area contributed by atoms with Crippen molar-refractivity contribution in [3.63, 3.8) is 0 Å². The zero-order chi connectivity index (χ0) is 17.4. The summed E-state index contributed by atoms with van der Waals surface area (Å²) in [6.07, 6.45) is 4.17. The minimum Gasteiger partial charge on any atom is -0.399 e. The average molecular weight is 331 g/mol. The Balaban J connectivity index is 1.91. The Morgan fingerprint density at radius 3 is 2.29 bits per heavy atom. The van der Waals surface area contributed by atoms with Crippen LogP contribution in [0.2, 0.25) is 0 Å². The number of hydrogen-bond donors (Lipinski definition) is 0. The van der Waals surface area contributed by atoms with E-state index >= 15 is 0 Å². The van der Waals surface area contributed by atoms with Crippen LogP contribution >= 0.6 is 0 Å². The van der Waals surface area contributed by atoms with Gasteiger partial charge in [0.15, 0.2) is 0 Å². The van der Waals surface area contributed by atoms with Crippen molar-refractivity contribution >= 4 is 12.6 Å². The first kappa shape index (κ1) is 17.9. The van der Waals surface area contributed by atoms with Gasteiger partial charge in [0.25, 0.3) is 0 Å². The van der Waals surface area contributed by atoms with Gasteiger partial charge in [0.1, 0.15) is 0 Å². The molecular weight excluding hydrogens is 301 g/mol. The maximum Gasteiger partial charge on any atom is 0.494 e. The van der Waals surface area contributed by atoms with E-state index in [0.717, 1.165) is 50.1 Å². The van der Waals surface area contributed by atoms with E-state index in [1.165, 1.54) is 5.69 Å². The number of aromatic nitrogens is 1. The molecule has 2 saturated heterocycles. The van der Waals surface area contributed by atoms with Crippen LogP contribution in [-0.2, 0) is 20.5 Å². The molecule has 3 rings (SSSR count). The third kappa shape index (κ3) is 3.53. The number of hydrogen-bond acceptors (Lipinski definition) is 4. The van der Waals surface area contributed by atoms with Crippen LogP contribution in [-0.4, -0.2) is 36.5 Å². The molecule has 1 aromatic heterocycles. The first-order valence-corrected chi connectivity index (χ1v) is 9.26. The fraction of sp³-hybridized carbons (Fsp3) is 0.737. The van der Waals surface area contributed by atoms with Crippen LogP contribution in [0, 0.1) is 0 Å². The molecule has 0 spiro atoms. The molecule has 0 aliphatic carbocycles. The van der Waals surface area contributed by atoms with E-state index in [1.807, 2.05) is 0 Å². The molecule has 2 aliphatic heterocycles. The van der Waals surface area contributed by atoms with E-state index in [9.17, 15) is 0 Å². The maximum absolute atomic E-state index is 6.25. The molecule has 2 fully saturated rings. The van der Waals surface area contributed by atoms with E-state index in [0.29, 0.717) is 5.92 Å². The highest BCUT2D eigenvalue weighted by molar-refractivity contribution is 6.62. The Hall–Kier alpha value is -0.905. The standard InChI is InChI=1S/C19H30BNO3/c1-6-7-16-12-15(20-23-18(2,3)19(4,5)24-20)13-17(21-16)14-8-10-22-11-9-14/h12-14H,6-11H2,1-5H3. The quantitative estimate of drug-likeness (QED) is 0.795. The van der Waals surface area contributed by atoms with Crippen molar-refractivity contribution in [3.8, 4) is 0 Å². The van der Waals surface area contributed by atoms with E-state index < -0.39 is 0 Å². The van der Waals surface area contributed by atoms with Crippen molar-refractivity contribution in [2.75, 3.05) is 13.2 Å². The molecule has 0 bridgehead atoms. The topological polar surface area (TPSA) is 40.6 Å². The van der Waals surface area contributed by atoms with Gasteiger partial charge in [0, 0.05) is 30.5 Å². The highest BCUT2D eigenvalue weighted by atomic mass is 16.7. The lowest BCUT2D eigenvalue weighted by atomic mass is 9.77. The molecule has 0 saturated carbocycles. The molecule has 24 heavy (non-hydrogen) atoms. The Labute approximate surface area is 146 Å². The third-order valence-corrected chi connectivity index (χ3v) is 5.59. The molecule has 2 aliphatic rings. The molecule has 3 heterocycles. The lowest BCUT2D eigenvalue weighted by Crippen LogP contribution is -2.41. The highest BCUT2D eigenvalue weighted by Gasteiger charge is 2.51. The first-order chi connectivity index (χ1) is 11.3. The van der Waals surface area contributed by atoms with Gasteiger partial charge in [-0.05, 0) is 64.6 Å². The SMILES string of the molecule is CCCc1cc(B2OC(C)(C)C(C)(C)O2)cc(C2CCOCC2)n1. The summed E-state index contributed by atoms with van der Waals surface area (Å²) in [5.41, 5.74) is 2.80. The second-order valence-electron chi connectivity index (χ2n) is 8.04. The fourth-order valence-electron chi connectivity index (χ4n) is 3.34. The summed E-state index contributed by atoms with van der Waals surface area (Å²) in [7, 11) is -0.313. The molecular formula is C19H30BNO3. The largest absolute Gasteiger partial charge is 0.494 e. The van der Waals surface area contributed by atoms with Crippen molar-refractivity contribution < 1.29 is 14.0 Å². The lowest BCUT2D eigenvalue weighted by Gasteiger charge is -2.32. The summed E-state index contributed by atoms with van der Waals surface area (Å²) in [6, 6.07) is 4.35. The molecule has 0 radical (unpaired) electrons. The van der Waals surface area contributed by atoms with Crippen molar-refractivity contribution in [1.82, 2.24) is 4.98 Å². The molecule has 1 aromatic rings. The van der Waals surface area contributed by atoms with Gasteiger partial charge in [-0.1, -0.05) is 13.3 Å². The van der Waals surface area contributed by atoms with Crippen LogP contribution in [0.25, 0.3) is 0 Å². The summed E-state index contributed by atoms with van der Waals surface area (Å²) >= 11 is 0. The van der Waals surface area contributed by atoms with Crippen molar-refractivity contribution in [2.45, 2.75) is 77.4 Å². The molecule has 132 valence electrons. The van der Waals surface area contributed by atoms with E-state index in [2.05, 4.69) is 46.8 Å². The Morgan fingerprint density at radius 1 is 1.08 bits per heavy atom. The molecule has 0 atom stereocenters. The Morgan fingerprint density at radius 2 is 1.71 bits per heavy atom. The van der Waals surface area contributed by atoms with Crippen LogP contribution in [0.15, 0.2) is 12.1 Å². The summed E-state index contributed by atoms with van der Waals surface area (Å²) in [4.78, 5) is 4.92. The molecule has 0 unspecified atom stereocenters. The van der Waals surface area contributed by atoms with E-state index in [4.69, 9.17) is 19.0 Å². The number of ether oxygens (including phenoxy) is 1. The number of aryl methyl sites for hydroxylation is 1. The first-order valence-electron chi connectivity index (χ1n) is 9.26. The zero-order valence-corrected chi connectivity index (χ0v) is 15.7. The van der Waals surface area contributed by atoms with Crippen LogP contribution in [0.1, 0.15) is 71.2 Å². The Kier molecular flexibility index (Phi) is 5.05. The molecule has 4 nitrogen and oxygen atoms in total. The molecule has 0 N–H and O–H groups in total. The number of nitrogens with zero attached hydrogens (tertiary/aromatic N) is 1. The Bertz CT molecular complexity index is 566. The second kappa shape index (κ2) is 6.78. The van der Waals surface area contributed by atoms with Gasteiger partial charge in [-0.3, -0.25) is 4.98 Å². The minimum absolute atomic E-state index is 0.313. The third-order valence-electron chi connectivity index (χ3n) is 5.59.